The van der Waals surface area contributed by atoms with E-state index in [-0.39, 0.29) is 17.9 Å². The maximum atomic E-state index is 13.2. The van der Waals surface area contributed by atoms with E-state index in [0.717, 1.165) is 22.5 Å². The quantitative estimate of drug-likeness (QED) is 0.625. The van der Waals surface area contributed by atoms with Crippen LogP contribution in [-0.4, -0.2) is 39.5 Å². The van der Waals surface area contributed by atoms with Gasteiger partial charge in [-0.25, -0.2) is 4.79 Å². The Labute approximate surface area is 160 Å². The molecule has 2 aliphatic rings. The number of nitrogens with two attached hydrogens (primary N) is 1. The Bertz CT molecular complexity index is 926. The first-order chi connectivity index (χ1) is 13.0. The van der Waals surface area contributed by atoms with Crippen LogP contribution >= 0.6 is 11.6 Å². The fourth-order valence-electron chi connectivity index (χ4n) is 3.98. The number of carbonyl (C=O) groups is 2. The number of amides is 1. The molecule has 27 heavy (non-hydrogen) atoms. The number of nitrogen functional groups attached to an aromatic ring is 1. The van der Waals surface area contributed by atoms with Gasteiger partial charge in [-0.2, -0.15) is 9.78 Å². The van der Waals surface area contributed by atoms with Crippen LogP contribution in [0.3, 0.4) is 0 Å². The summed E-state index contributed by atoms with van der Waals surface area (Å²) in [6.07, 6.45) is 1.22. The number of carboxylic acid groups (broad SMARTS) is 1. The summed E-state index contributed by atoms with van der Waals surface area (Å²) in [6, 6.07) is 5.29. The highest BCUT2D eigenvalue weighted by Crippen LogP contribution is 2.38. The summed E-state index contributed by atoms with van der Waals surface area (Å²) in [7, 11) is 0. The van der Waals surface area contributed by atoms with Crippen molar-refractivity contribution in [2.45, 2.75) is 37.6 Å². The number of anilines is 2. The number of halogens is 1. The number of aryl methyl sites for hydroxylation is 1. The van der Waals surface area contributed by atoms with Gasteiger partial charge >= 0.3 is 6.09 Å². The fraction of sp³-hybridized carbons (Fsp3) is 0.389. The van der Waals surface area contributed by atoms with Crippen molar-refractivity contribution < 1.29 is 14.7 Å². The smallest absolute Gasteiger partial charge is 0.404 e. The second-order valence-corrected chi connectivity index (χ2v) is 7.33. The number of rotatable bonds is 2. The Kier molecular flexibility index (Phi) is 4.43. The van der Waals surface area contributed by atoms with E-state index in [1.807, 2.05) is 12.1 Å². The molecule has 8 nitrogen and oxygen atoms in total. The second kappa shape index (κ2) is 6.77. The Balaban J connectivity index is 1.65. The summed E-state index contributed by atoms with van der Waals surface area (Å²) in [5.41, 5.74) is 9.39. The van der Waals surface area contributed by atoms with Crippen molar-refractivity contribution in [3.05, 3.63) is 40.0 Å². The molecule has 2 unspecified atom stereocenters. The van der Waals surface area contributed by atoms with E-state index in [1.54, 1.807) is 6.07 Å². The zero-order valence-electron chi connectivity index (χ0n) is 14.5. The zero-order chi connectivity index (χ0) is 19.1. The number of fused-ring (bicyclic) bond motifs is 2. The highest BCUT2D eigenvalue weighted by molar-refractivity contribution is 6.33. The van der Waals surface area contributed by atoms with Crippen LogP contribution in [0.2, 0.25) is 5.02 Å². The third-order valence-electron chi connectivity index (χ3n) is 5.28. The molecule has 0 saturated carbocycles. The molecule has 2 aromatic rings. The van der Waals surface area contributed by atoms with E-state index in [2.05, 4.69) is 15.7 Å². The van der Waals surface area contributed by atoms with Crippen molar-refractivity contribution in [2.24, 2.45) is 0 Å². The highest BCUT2D eigenvalue weighted by atomic mass is 35.5. The molecule has 5 N–H and O–H groups in total. The first kappa shape index (κ1) is 17.7. The lowest BCUT2D eigenvalue weighted by Gasteiger charge is -2.26. The van der Waals surface area contributed by atoms with Gasteiger partial charge in [0.15, 0.2) is 0 Å². The normalized spacial score (nSPS) is 20.9. The molecule has 0 radical (unpaired) electrons. The minimum absolute atomic E-state index is 0.185. The zero-order valence-corrected chi connectivity index (χ0v) is 15.3. The van der Waals surface area contributed by atoms with Crippen molar-refractivity contribution >= 4 is 35.1 Å². The summed E-state index contributed by atoms with van der Waals surface area (Å²) in [6.45, 7) is 0.638. The lowest BCUT2D eigenvalue weighted by molar-refractivity contribution is 0.0859. The fourth-order valence-corrected chi connectivity index (χ4v) is 4.23. The third-order valence-corrected chi connectivity index (χ3v) is 5.59. The molecule has 1 amide bonds. The van der Waals surface area contributed by atoms with Gasteiger partial charge in [-0.3, -0.25) is 4.79 Å². The molecule has 142 valence electrons. The Morgan fingerprint density at radius 1 is 1.37 bits per heavy atom. The number of nitrogens with zero attached hydrogens (tertiary/aromatic N) is 2. The van der Waals surface area contributed by atoms with Crippen LogP contribution in [-0.2, 0) is 12.8 Å². The average Bonchev–Trinajstić information content (AvgIpc) is 2.97. The van der Waals surface area contributed by atoms with E-state index < -0.39 is 6.09 Å². The average molecular weight is 390 g/mol. The van der Waals surface area contributed by atoms with Crippen molar-refractivity contribution in [2.75, 3.05) is 17.6 Å². The number of carbonyl (C=O) groups excluding carboxylic acids is 1. The number of benzene rings is 1. The van der Waals surface area contributed by atoms with E-state index in [1.165, 1.54) is 4.68 Å². The van der Waals surface area contributed by atoms with Gasteiger partial charge in [0.1, 0.15) is 5.82 Å². The molecule has 2 heterocycles. The SMILES string of the molecule is Nc1c2c(nn1C(=O)C1CCNc3c(Cl)cccc31)CCC(NC(=O)O)C2. The van der Waals surface area contributed by atoms with Crippen molar-refractivity contribution in [1.29, 1.82) is 0 Å². The number of nitrogens with one attached hydrogen (secondary N) is 2. The monoisotopic (exact) mass is 389 g/mol. The molecule has 1 aromatic heterocycles. The predicted molar refractivity (Wildman–Crippen MR) is 102 cm³/mol. The highest BCUT2D eigenvalue weighted by Gasteiger charge is 2.33. The first-order valence-corrected chi connectivity index (χ1v) is 9.25. The van der Waals surface area contributed by atoms with Crippen molar-refractivity contribution in [1.82, 2.24) is 15.1 Å². The maximum absolute atomic E-state index is 13.2. The van der Waals surface area contributed by atoms with Crippen LogP contribution in [0, 0.1) is 0 Å². The lowest BCUT2D eigenvalue weighted by atomic mass is 9.90. The number of para-hydroxylation sites is 1. The van der Waals surface area contributed by atoms with Gasteiger partial charge < -0.3 is 21.5 Å². The minimum Gasteiger partial charge on any atom is -0.465 e. The van der Waals surface area contributed by atoms with Gasteiger partial charge in [-0.15, -0.1) is 0 Å². The molecule has 0 bridgehead atoms. The van der Waals surface area contributed by atoms with Crippen LogP contribution in [0.25, 0.3) is 0 Å². The minimum atomic E-state index is -1.06. The largest absolute Gasteiger partial charge is 0.465 e. The molecular weight excluding hydrogens is 370 g/mol. The van der Waals surface area contributed by atoms with Gasteiger partial charge in [0, 0.05) is 18.2 Å². The topological polar surface area (TPSA) is 122 Å². The molecule has 1 aliphatic heterocycles. The number of hydrogen-bond acceptors (Lipinski definition) is 5. The molecular formula is C18H20ClN5O3. The Hall–Kier alpha value is -2.74. The Morgan fingerprint density at radius 2 is 2.19 bits per heavy atom. The van der Waals surface area contributed by atoms with Gasteiger partial charge in [0.05, 0.1) is 22.3 Å². The third kappa shape index (κ3) is 3.10. The summed E-state index contributed by atoms with van der Waals surface area (Å²) >= 11 is 6.25. The van der Waals surface area contributed by atoms with Gasteiger partial charge in [0.2, 0.25) is 0 Å². The molecule has 0 saturated heterocycles. The Morgan fingerprint density at radius 3 is 2.96 bits per heavy atom. The van der Waals surface area contributed by atoms with E-state index in [4.69, 9.17) is 22.4 Å². The molecule has 2 atom stereocenters. The molecule has 0 spiro atoms. The second-order valence-electron chi connectivity index (χ2n) is 6.92. The van der Waals surface area contributed by atoms with Crippen LogP contribution in [0.4, 0.5) is 16.3 Å². The molecule has 1 aliphatic carbocycles. The van der Waals surface area contributed by atoms with E-state index in [0.29, 0.717) is 43.1 Å². The summed E-state index contributed by atoms with van der Waals surface area (Å²) in [4.78, 5) is 24.1. The van der Waals surface area contributed by atoms with Crippen LogP contribution in [0.5, 0.6) is 0 Å². The summed E-state index contributed by atoms with van der Waals surface area (Å²) in [5.74, 6) is -0.264. The first-order valence-electron chi connectivity index (χ1n) is 8.88. The predicted octanol–water partition coefficient (Wildman–Crippen LogP) is 2.48. The molecule has 0 fully saturated rings. The number of hydrogen-bond donors (Lipinski definition) is 4. The van der Waals surface area contributed by atoms with Crippen LogP contribution in [0.15, 0.2) is 18.2 Å². The lowest BCUT2D eigenvalue weighted by Crippen LogP contribution is -2.37. The maximum Gasteiger partial charge on any atom is 0.404 e. The molecule has 9 heteroatoms. The summed E-state index contributed by atoms with van der Waals surface area (Å²) in [5, 5.41) is 19.7. The van der Waals surface area contributed by atoms with E-state index >= 15 is 0 Å². The van der Waals surface area contributed by atoms with Gasteiger partial charge in [0.25, 0.3) is 5.91 Å². The summed E-state index contributed by atoms with van der Waals surface area (Å²) < 4.78 is 1.29. The molecule has 4 rings (SSSR count). The van der Waals surface area contributed by atoms with Crippen LogP contribution < -0.4 is 16.4 Å². The van der Waals surface area contributed by atoms with Crippen LogP contribution in [0.1, 0.15) is 40.4 Å². The van der Waals surface area contributed by atoms with Gasteiger partial charge in [-0.1, -0.05) is 23.7 Å². The number of aromatic nitrogens is 2. The van der Waals surface area contributed by atoms with Crippen molar-refractivity contribution in [3.63, 3.8) is 0 Å². The van der Waals surface area contributed by atoms with Crippen molar-refractivity contribution in [3.8, 4) is 0 Å². The molecule has 1 aromatic carbocycles. The van der Waals surface area contributed by atoms with Gasteiger partial charge in [-0.05, 0) is 37.3 Å². The standard InChI is InChI=1S/C18H20ClN5O3/c19-13-3-1-2-10-11(6-7-21-15(10)13)17(25)24-16(20)12-8-9(22-18(26)27)4-5-14(12)23-24/h1-3,9,11,21-22H,4-8,20H2,(H,26,27). The van der Waals surface area contributed by atoms with E-state index in [9.17, 15) is 9.59 Å².